The fourth-order valence-corrected chi connectivity index (χ4v) is 1.74. The van der Waals surface area contributed by atoms with Gasteiger partial charge in [0.1, 0.15) is 5.75 Å². The van der Waals surface area contributed by atoms with E-state index in [4.69, 9.17) is 10.5 Å². The first-order chi connectivity index (χ1) is 9.58. The van der Waals surface area contributed by atoms with Crippen LogP contribution in [0.15, 0.2) is 42.5 Å². The third kappa shape index (κ3) is 3.41. The molecule has 20 heavy (non-hydrogen) atoms. The SMILES string of the molecule is COc1ccc(NC(=O)Nc2ccc(C)cc2)cc1N. The van der Waals surface area contributed by atoms with Crippen LogP contribution in [0.2, 0.25) is 0 Å². The third-order valence-corrected chi connectivity index (χ3v) is 2.80. The number of anilines is 3. The summed E-state index contributed by atoms with van der Waals surface area (Å²) in [5, 5.41) is 5.46. The molecule has 0 radical (unpaired) electrons. The van der Waals surface area contributed by atoms with Crippen molar-refractivity contribution in [3.05, 3.63) is 48.0 Å². The summed E-state index contributed by atoms with van der Waals surface area (Å²) in [6.07, 6.45) is 0. The number of rotatable bonds is 3. The van der Waals surface area contributed by atoms with Gasteiger partial charge in [-0.3, -0.25) is 0 Å². The van der Waals surface area contributed by atoms with E-state index >= 15 is 0 Å². The van der Waals surface area contributed by atoms with Gasteiger partial charge < -0.3 is 21.1 Å². The molecule has 0 aliphatic carbocycles. The molecule has 2 aromatic carbocycles. The summed E-state index contributed by atoms with van der Waals surface area (Å²) in [5.41, 5.74) is 8.73. The van der Waals surface area contributed by atoms with E-state index in [-0.39, 0.29) is 6.03 Å². The molecule has 0 aliphatic heterocycles. The second-order valence-corrected chi connectivity index (χ2v) is 4.40. The van der Waals surface area contributed by atoms with Crippen LogP contribution in [0.5, 0.6) is 5.75 Å². The Labute approximate surface area is 117 Å². The highest BCUT2D eigenvalue weighted by atomic mass is 16.5. The van der Waals surface area contributed by atoms with Gasteiger partial charge in [0.25, 0.3) is 0 Å². The molecule has 2 amide bonds. The first-order valence-electron chi connectivity index (χ1n) is 6.16. The lowest BCUT2D eigenvalue weighted by molar-refractivity contribution is 0.262. The lowest BCUT2D eigenvalue weighted by atomic mass is 10.2. The molecule has 5 heteroatoms. The van der Waals surface area contributed by atoms with Crippen molar-refractivity contribution in [2.75, 3.05) is 23.5 Å². The number of urea groups is 1. The smallest absolute Gasteiger partial charge is 0.323 e. The van der Waals surface area contributed by atoms with E-state index in [0.717, 1.165) is 11.3 Å². The highest BCUT2D eigenvalue weighted by Crippen LogP contribution is 2.24. The standard InChI is InChI=1S/C15H17N3O2/c1-10-3-5-11(6-4-10)17-15(19)18-12-7-8-14(20-2)13(16)9-12/h3-9H,16H2,1-2H3,(H2,17,18,19). The van der Waals surface area contributed by atoms with Crippen LogP contribution in [-0.4, -0.2) is 13.1 Å². The maximum absolute atomic E-state index is 11.8. The summed E-state index contributed by atoms with van der Waals surface area (Å²) < 4.78 is 5.06. The van der Waals surface area contributed by atoms with Crippen molar-refractivity contribution in [1.82, 2.24) is 0 Å². The van der Waals surface area contributed by atoms with Crippen LogP contribution in [-0.2, 0) is 0 Å². The third-order valence-electron chi connectivity index (χ3n) is 2.80. The molecule has 0 aromatic heterocycles. The summed E-state index contributed by atoms with van der Waals surface area (Å²) in [4.78, 5) is 11.8. The van der Waals surface area contributed by atoms with Gasteiger partial charge >= 0.3 is 6.03 Å². The molecular weight excluding hydrogens is 254 g/mol. The highest BCUT2D eigenvalue weighted by Gasteiger charge is 2.05. The fraction of sp³-hybridized carbons (Fsp3) is 0.133. The van der Waals surface area contributed by atoms with Crippen LogP contribution in [0.3, 0.4) is 0 Å². The molecule has 0 heterocycles. The van der Waals surface area contributed by atoms with E-state index in [0.29, 0.717) is 17.1 Å². The summed E-state index contributed by atoms with van der Waals surface area (Å²) in [5.74, 6) is 0.578. The van der Waals surface area contributed by atoms with Gasteiger partial charge in [-0.2, -0.15) is 0 Å². The molecule has 2 aromatic rings. The number of nitrogens with one attached hydrogen (secondary N) is 2. The molecule has 4 N–H and O–H groups in total. The normalized spacial score (nSPS) is 9.90. The molecule has 0 fully saturated rings. The Hall–Kier alpha value is -2.69. The largest absolute Gasteiger partial charge is 0.495 e. The lowest BCUT2D eigenvalue weighted by Crippen LogP contribution is -2.19. The highest BCUT2D eigenvalue weighted by molar-refractivity contribution is 6.00. The molecule has 0 unspecified atom stereocenters. The Morgan fingerprint density at radius 2 is 1.65 bits per heavy atom. The fourth-order valence-electron chi connectivity index (χ4n) is 1.74. The topological polar surface area (TPSA) is 76.4 Å². The molecule has 0 aliphatic rings. The number of methoxy groups -OCH3 is 1. The van der Waals surface area contributed by atoms with Crippen LogP contribution in [0.4, 0.5) is 21.9 Å². The van der Waals surface area contributed by atoms with Crippen molar-refractivity contribution >= 4 is 23.1 Å². The first-order valence-corrected chi connectivity index (χ1v) is 6.16. The Morgan fingerprint density at radius 3 is 2.25 bits per heavy atom. The predicted octanol–water partition coefficient (Wildman–Crippen LogP) is 3.23. The Kier molecular flexibility index (Phi) is 4.10. The van der Waals surface area contributed by atoms with Gasteiger partial charge in [0, 0.05) is 11.4 Å². The van der Waals surface area contributed by atoms with Crippen molar-refractivity contribution < 1.29 is 9.53 Å². The zero-order valence-corrected chi connectivity index (χ0v) is 11.4. The van der Waals surface area contributed by atoms with Gasteiger partial charge in [0.05, 0.1) is 12.8 Å². The molecular formula is C15H17N3O2. The molecule has 2 rings (SSSR count). The summed E-state index contributed by atoms with van der Waals surface area (Å²) in [6, 6.07) is 12.3. The van der Waals surface area contributed by atoms with Gasteiger partial charge in [0.15, 0.2) is 0 Å². The second-order valence-electron chi connectivity index (χ2n) is 4.40. The number of aryl methyl sites for hydroxylation is 1. The number of nitrogen functional groups attached to an aromatic ring is 1. The number of carbonyl (C=O) groups is 1. The van der Waals surface area contributed by atoms with E-state index in [9.17, 15) is 4.79 Å². The zero-order valence-electron chi connectivity index (χ0n) is 11.4. The number of nitrogens with two attached hydrogens (primary N) is 1. The van der Waals surface area contributed by atoms with Gasteiger partial charge in [0.2, 0.25) is 0 Å². The minimum absolute atomic E-state index is 0.321. The van der Waals surface area contributed by atoms with E-state index in [1.807, 2.05) is 31.2 Å². The van der Waals surface area contributed by atoms with Crippen LogP contribution in [0, 0.1) is 6.92 Å². The van der Waals surface area contributed by atoms with E-state index in [1.54, 1.807) is 25.3 Å². The van der Waals surface area contributed by atoms with Crippen LogP contribution in [0.25, 0.3) is 0 Å². The average molecular weight is 271 g/mol. The second kappa shape index (κ2) is 5.97. The molecule has 0 spiro atoms. The van der Waals surface area contributed by atoms with Gasteiger partial charge in [-0.25, -0.2) is 4.79 Å². The lowest BCUT2D eigenvalue weighted by Gasteiger charge is -2.10. The zero-order chi connectivity index (χ0) is 14.5. The van der Waals surface area contributed by atoms with Crippen molar-refractivity contribution in [3.8, 4) is 5.75 Å². The predicted molar refractivity (Wildman–Crippen MR) is 81.2 cm³/mol. The van der Waals surface area contributed by atoms with Crippen molar-refractivity contribution in [2.45, 2.75) is 6.92 Å². The molecule has 104 valence electrons. The molecule has 0 atom stereocenters. The Morgan fingerprint density at radius 1 is 1.05 bits per heavy atom. The van der Waals surface area contributed by atoms with E-state index < -0.39 is 0 Å². The van der Waals surface area contributed by atoms with Crippen molar-refractivity contribution in [2.24, 2.45) is 0 Å². The van der Waals surface area contributed by atoms with Crippen LogP contribution in [0.1, 0.15) is 5.56 Å². The summed E-state index contributed by atoms with van der Waals surface area (Å²) in [6.45, 7) is 1.99. The number of hydrogen-bond donors (Lipinski definition) is 3. The number of benzene rings is 2. The van der Waals surface area contributed by atoms with Crippen molar-refractivity contribution in [3.63, 3.8) is 0 Å². The molecule has 5 nitrogen and oxygen atoms in total. The minimum Gasteiger partial charge on any atom is -0.495 e. The summed E-state index contributed by atoms with van der Waals surface area (Å²) >= 11 is 0. The van der Waals surface area contributed by atoms with E-state index in [2.05, 4.69) is 10.6 Å². The van der Waals surface area contributed by atoms with Gasteiger partial charge in [-0.15, -0.1) is 0 Å². The number of ether oxygens (including phenoxy) is 1. The van der Waals surface area contributed by atoms with Crippen molar-refractivity contribution in [1.29, 1.82) is 0 Å². The van der Waals surface area contributed by atoms with Crippen LogP contribution < -0.4 is 21.1 Å². The summed E-state index contributed by atoms with van der Waals surface area (Å²) in [7, 11) is 1.54. The maximum Gasteiger partial charge on any atom is 0.323 e. The Balaban J connectivity index is 2.01. The molecule has 0 saturated heterocycles. The minimum atomic E-state index is -0.321. The number of carbonyl (C=O) groups excluding carboxylic acids is 1. The monoisotopic (exact) mass is 271 g/mol. The number of amides is 2. The molecule has 0 bridgehead atoms. The van der Waals surface area contributed by atoms with Gasteiger partial charge in [-0.1, -0.05) is 17.7 Å². The molecule has 0 saturated carbocycles. The Bertz CT molecular complexity index is 609. The van der Waals surface area contributed by atoms with Crippen LogP contribution >= 0.6 is 0 Å². The van der Waals surface area contributed by atoms with Gasteiger partial charge in [-0.05, 0) is 37.3 Å². The average Bonchev–Trinajstić information content (AvgIpc) is 2.41. The van der Waals surface area contributed by atoms with E-state index in [1.165, 1.54) is 0 Å². The first kappa shape index (κ1) is 13.7. The maximum atomic E-state index is 11.8. The quantitative estimate of drug-likeness (QED) is 0.750. The number of hydrogen-bond acceptors (Lipinski definition) is 3.